The third kappa shape index (κ3) is 3.45. The van der Waals surface area contributed by atoms with Crippen LogP contribution in [-0.2, 0) is 6.42 Å². The summed E-state index contributed by atoms with van der Waals surface area (Å²) in [7, 11) is 1.43. The summed E-state index contributed by atoms with van der Waals surface area (Å²) in [5, 5.41) is 0. The molecule has 0 aliphatic rings. The minimum absolute atomic E-state index is 0.171. The van der Waals surface area contributed by atoms with Crippen LogP contribution in [0.25, 0.3) is 0 Å². The lowest BCUT2D eigenvalue weighted by molar-refractivity contribution is 0.385. The van der Waals surface area contributed by atoms with E-state index in [-0.39, 0.29) is 11.8 Å². The molecule has 0 bridgehead atoms. The smallest absolute Gasteiger partial charge is 0.165 e. The van der Waals surface area contributed by atoms with Crippen LogP contribution in [0.4, 0.5) is 4.39 Å². The molecule has 1 aromatic carbocycles. The minimum atomic E-state index is -0.399. The maximum atomic E-state index is 13.7. The molecule has 0 spiro atoms. The van der Waals surface area contributed by atoms with E-state index < -0.39 is 5.82 Å². The van der Waals surface area contributed by atoms with Crippen molar-refractivity contribution >= 4 is 22.9 Å². The van der Waals surface area contributed by atoms with Crippen molar-refractivity contribution in [3.05, 3.63) is 50.9 Å². The van der Waals surface area contributed by atoms with Crippen LogP contribution in [0.5, 0.6) is 5.75 Å². The second kappa shape index (κ2) is 6.34. The molecule has 3 nitrogen and oxygen atoms in total. The number of nitrogens with two attached hydrogens (primary N) is 1. The number of benzene rings is 1. The first-order valence-corrected chi connectivity index (χ1v) is 6.87. The van der Waals surface area contributed by atoms with Gasteiger partial charge in [0.25, 0.3) is 0 Å². The van der Waals surface area contributed by atoms with Gasteiger partial charge < -0.3 is 4.74 Å². The van der Waals surface area contributed by atoms with Gasteiger partial charge >= 0.3 is 0 Å². The molecule has 2 rings (SSSR count). The van der Waals surface area contributed by atoms with Crippen molar-refractivity contribution < 1.29 is 9.13 Å². The average Bonchev–Trinajstić information content (AvgIpc) is 2.81. The quantitative estimate of drug-likeness (QED) is 0.658. The van der Waals surface area contributed by atoms with Crippen molar-refractivity contribution in [3.8, 4) is 5.75 Å². The predicted molar refractivity (Wildman–Crippen MR) is 76.0 cm³/mol. The van der Waals surface area contributed by atoms with Gasteiger partial charge in [-0.05, 0) is 29.8 Å². The third-order valence-electron chi connectivity index (χ3n) is 2.81. The van der Waals surface area contributed by atoms with Crippen molar-refractivity contribution in [2.75, 3.05) is 7.11 Å². The zero-order chi connectivity index (χ0) is 13.8. The van der Waals surface area contributed by atoms with Gasteiger partial charge in [-0.1, -0.05) is 17.7 Å². The first kappa shape index (κ1) is 14.3. The molecule has 1 heterocycles. The molecule has 0 saturated carbocycles. The summed E-state index contributed by atoms with van der Waals surface area (Å²) in [6.07, 6.45) is 0.652. The number of rotatable bonds is 5. The molecule has 1 aromatic heterocycles. The van der Waals surface area contributed by atoms with E-state index in [4.69, 9.17) is 22.2 Å². The summed E-state index contributed by atoms with van der Waals surface area (Å²) < 4.78 is 19.3. The van der Waals surface area contributed by atoms with Crippen molar-refractivity contribution in [1.29, 1.82) is 0 Å². The number of hydrogen-bond donors (Lipinski definition) is 2. The molecular weight excluding hydrogens is 287 g/mol. The molecular formula is C13H14ClFN2OS. The minimum Gasteiger partial charge on any atom is -0.494 e. The Balaban J connectivity index is 2.19. The van der Waals surface area contributed by atoms with Gasteiger partial charge in [-0.25, -0.2) is 4.39 Å². The summed E-state index contributed by atoms with van der Waals surface area (Å²) in [4.78, 5) is 1.09. The molecule has 0 fully saturated rings. The fourth-order valence-corrected chi connectivity index (χ4v) is 2.97. The van der Waals surface area contributed by atoms with E-state index in [1.54, 1.807) is 12.1 Å². The first-order valence-electron chi connectivity index (χ1n) is 5.68. The maximum absolute atomic E-state index is 13.7. The van der Waals surface area contributed by atoms with Gasteiger partial charge in [0.1, 0.15) is 0 Å². The topological polar surface area (TPSA) is 47.3 Å². The zero-order valence-electron chi connectivity index (χ0n) is 10.3. The van der Waals surface area contributed by atoms with Gasteiger partial charge in [-0.2, -0.15) is 0 Å². The van der Waals surface area contributed by atoms with E-state index in [1.807, 2.05) is 12.1 Å². The SMILES string of the molecule is COc1ccc(C(Cc2ccc(Cl)s2)NN)cc1F. The standard InChI is InChI=1S/C13H14ClFN2OS/c1-18-12-4-2-8(6-10(12)15)11(17-16)7-9-3-5-13(14)19-9/h2-6,11,17H,7,16H2,1H3. The molecule has 0 radical (unpaired) electrons. The molecule has 0 aliphatic heterocycles. The predicted octanol–water partition coefficient (Wildman–Crippen LogP) is 3.30. The van der Waals surface area contributed by atoms with Crippen LogP contribution in [-0.4, -0.2) is 7.11 Å². The van der Waals surface area contributed by atoms with Gasteiger partial charge in [0.05, 0.1) is 17.5 Å². The van der Waals surface area contributed by atoms with E-state index in [0.29, 0.717) is 6.42 Å². The highest BCUT2D eigenvalue weighted by molar-refractivity contribution is 7.16. The molecule has 102 valence electrons. The second-order valence-electron chi connectivity index (χ2n) is 4.02. The highest BCUT2D eigenvalue weighted by Gasteiger charge is 2.14. The number of ether oxygens (including phenoxy) is 1. The van der Waals surface area contributed by atoms with Gasteiger partial charge in [0, 0.05) is 11.3 Å². The van der Waals surface area contributed by atoms with Gasteiger partial charge in [-0.15, -0.1) is 11.3 Å². The van der Waals surface area contributed by atoms with Crippen LogP contribution >= 0.6 is 22.9 Å². The van der Waals surface area contributed by atoms with Gasteiger partial charge in [0.2, 0.25) is 0 Å². The molecule has 0 aliphatic carbocycles. The fourth-order valence-electron chi connectivity index (χ4n) is 1.84. The average molecular weight is 301 g/mol. The lowest BCUT2D eigenvalue weighted by atomic mass is 10.0. The zero-order valence-corrected chi connectivity index (χ0v) is 11.9. The maximum Gasteiger partial charge on any atom is 0.165 e. The van der Waals surface area contributed by atoms with Crippen LogP contribution in [0.3, 0.4) is 0 Å². The number of hydrazine groups is 1. The lowest BCUT2D eigenvalue weighted by Gasteiger charge is -2.16. The summed E-state index contributed by atoms with van der Waals surface area (Å²) in [5.74, 6) is 5.37. The van der Waals surface area contributed by atoms with Crippen LogP contribution in [0, 0.1) is 5.82 Å². The Morgan fingerprint density at radius 3 is 2.74 bits per heavy atom. The number of hydrogen-bond acceptors (Lipinski definition) is 4. The first-order chi connectivity index (χ1) is 9.13. The van der Waals surface area contributed by atoms with Crippen molar-refractivity contribution in [2.24, 2.45) is 5.84 Å². The highest BCUT2D eigenvalue weighted by Crippen LogP contribution is 2.28. The molecule has 0 amide bonds. The Morgan fingerprint density at radius 2 is 2.21 bits per heavy atom. The number of thiophene rings is 1. The Morgan fingerprint density at radius 1 is 1.42 bits per heavy atom. The Hall–Kier alpha value is -1.14. The van der Waals surface area contributed by atoms with E-state index >= 15 is 0 Å². The summed E-state index contributed by atoms with van der Waals surface area (Å²) in [5.41, 5.74) is 3.47. The van der Waals surface area contributed by atoms with Crippen molar-refractivity contribution in [3.63, 3.8) is 0 Å². The van der Waals surface area contributed by atoms with Crippen LogP contribution in [0.15, 0.2) is 30.3 Å². The summed E-state index contributed by atoms with van der Waals surface area (Å²) >= 11 is 7.38. The Labute approximate surface area is 120 Å². The largest absolute Gasteiger partial charge is 0.494 e. The number of nitrogens with one attached hydrogen (secondary N) is 1. The number of halogens is 2. The van der Waals surface area contributed by atoms with E-state index in [1.165, 1.54) is 24.5 Å². The summed E-state index contributed by atoms with van der Waals surface area (Å²) in [6.45, 7) is 0. The monoisotopic (exact) mass is 300 g/mol. The Bertz CT molecular complexity index is 561. The molecule has 1 unspecified atom stereocenters. The fraction of sp³-hybridized carbons (Fsp3) is 0.231. The van der Waals surface area contributed by atoms with E-state index in [2.05, 4.69) is 5.43 Å². The molecule has 3 N–H and O–H groups in total. The van der Waals surface area contributed by atoms with Gasteiger partial charge in [0.15, 0.2) is 11.6 Å². The van der Waals surface area contributed by atoms with Crippen LogP contribution in [0.1, 0.15) is 16.5 Å². The number of methoxy groups -OCH3 is 1. The van der Waals surface area contributed by atoms with Crippen molar-refractivity contribution in [2.45, 2.75) is 12.5 Å². The lowest BCUT2D eigenvalue weighted by Crippen LogP contribution is -2.29. The molecule has 0 saturated heterocycles. The van der Waals surface area contributed by atoms with E-state index in [9.17, 15) is 4.39 Å². The van der Waals surface area contributed by atoms with Crippen molar-refractivity contribution in [1.82, 2.24) is 5.43 Å². The molecule has 6 heteroatoms. The van der Waals surface area contributed by atoms with Crippen LogP contribution in [0.2, 0.25) is 4.34 Å². The third-order valence-corrected chi connectivity index (χ3v) is 4.07. The van der Waals surface area contributed by atoms with E-state index in [0.717, 1.165) is 14.8 Å². The normalized spacial score (nSPS) is 12.4. The van der Waals surface area contributed by atoms with Crippen LogP contribution < -0.4 is 16.0 Å². The molecule has 2 aromatic rings. The Kier molecular flexibility index (Phi) is 4.76. The molecule has 1 atom stereocenters. The highest BCUT2D eigenvalue weighted by atomic mass is 35.5. The second-order valence-corrected chi connectivity index (χ2v) is 5.82. The van der Waals surface area contributed by atoms with Gasteiger partial charge in [-0.3, -0.25) is 11.3 Å². The molecule has 19 heavy (non-hydrogen) atoms. The summed E-state index contributed by atoms with van der Waals surface area (Å²) in [6, 6.07) is 8.42.